The first-order valence-electron chi connectivity index (χ1n) is 7.35. The summed E-state index contributed by atoms with van der Waals surface area (Å²) in [6, 6.07) is 1.51. The van der Waals surface area contributed by atoms with Gasteiger partial charge in [0.05, 0.1) is 17.9 Å². The van der Waals surface area contributed by atoms with Gasteiger partial charge in [-0.25, -0.2) is 4.79 Å². The highest BCUT2D eigenvalue weighted by Crippen LogP contribution is 2.29. The fraction of sp³-hybridized carbons (Fsp3) is 0.533. The maximum absolute atomic E-state index is 12.8. The Bertz CT molecular complexity index is 555. The first-order valence-corrected chi connectivity index (χ1v) is 7.35. The molecule has 0 aliphatic carbocycles. The lowest BCUT2D eigenvalue weighted by Gasteiger charge is -2.36. The zero-order valence-corrected chi connectivity index (χ0v) is 12.6. The molecule has 1 aromatic heterocycles. The molecule has 0 aromatic carbocycles. The third kappa shape index (κ3) is 3.04. The van der Waals surface area contributed by atoms with E-state index in [0.717, 1.165) is 12.8 Å². The van der Waals surface area contributed by atoms with E-state index in [0.29, 0.717) is 24.4 Å². The maximum atomic E-state index is 12.8. The number of nitrogens with two attached hydrogens (primary N) is 1. The summed E-state index contributed by atoms with van der Waals surface area (Å²) in [5.74, 6) is -1.41. The van der Waals surface area contributed by atoms with Crippen LogP contribution in [-0.2, 0) is 9.53 Å². The Morgan fingerprint density at radius 3 is 2.82 bits per heavy atom. The summed E-state index contributed by atoms with van der Waals surface area (Å²) in [6.07, 6.45) is 4.71. The minimum atomic E-state index is -1.31. The van der Waals surface area contributed by atoms with E-state index in [-0.39, 0.29) is 18.9 Å². The van der Waals surface area contributed by atoms with Crippen LogP contribution >= 0.6 is 0 Å². The number of hydrogen-bond acceptors (Lipinski definition) is 5. The number of nitrogens with zero attached hydrogens (tertiary/aromatic N) is 2. The SMILES string of the molecule is CCCCN(C(=O)c1cncc(N)c1)[C@@]1(C(=O)O)CCOC1. The molecular weight excluding hydrogens is 286 g/mol. The molecule has 2 rings (SSSR count). The van der Waals surface area contributed by atoms with Gasteiger partial charge in [-0.3, -0.25) is 9.78 Å². The fourth-order valence-corrected chi connectivity index (χ4v) is 2.61. The van der Waals surface area contributed by atoms with Crippen molar-refractivity contribution in [2.45, 2.75) is 31.7 Å². The Hall–Kier alpha value is -2.15. The van der Waals surface area contributed by atoms with Gasteiger partial charge >= 0.3 is 5.97 Å². The summed E-state index contributed by atoms with van der Waals surface area (Å²) >= 11 is 0. The van der Waals surface area contributed by atoms with Crippen molar-refractivity contribution in [2.75, 3.05) is 25.5 Å². The van der Waals surface area contributed by atoms with E-state index in [2.05, 4.69) is 4.98 Å². The van der Waals surface area contributed by atoms with Gasteiger partial charge in [-0.05, 0) is 12.5 Å². The van der Waals surface area contributed by atoms with Crippen molar-refractivity contribution in [3.05, 3.63) is 24.0 Å². The quantitative estimate of drug-likeness (QED) is 0.816. The molecule has 7 nitrogen and oxygen atoms in total. The van der Waals surface area contributed by atoms with Gasteiger partial charge in [0.15, 0.2) is 5.54 Å². The number of aliphatic carboxylic acids is 1. The van der Waals surface area contributed by atoms with Crippen LogP contribution in [0.4, 0.5) is 5.69 Å². The predicted octanol–water partition coefficient (Wildman–Crippen LogP) is 1.15. The minimum Gasteiger partial charge on any atom is -0.479 e. The maximum Gasteiger partial charge on any atom is 0.332 e. The van der Waals surface area contributed by atoms with Crippen LogP contribution < -0.4 is 5.73 Å². The highest BCUT2D eigenvalue weighted by molar-refractivity contribution is 5.98. The molecular formula is C15H21N3O4. The van der Waals surface area contributed by atoms with Gasteiger partial charge in [0.1, 0.15) is 0 Å². The first kappa shape index (κ1) is 16.2. The number of carbonyl (C=O) groups excluding carboxylic acids is 1. The van der Waals surface area contributed by atoms with Crippen molar-refractivity contribution in [1.82, 2.24) is 9.88 Å². The Kier molecular flexibility index (Phi) is 4.97. The zero-order valence-electron chi connectivity index (χ0n) is 12.6. The lowest BCUT2D eigenvalue weighted by Crippen LogP contribution is -2.58. The molecule has 1 aromatic rings. The number of anilines is 1. The summed E-state index contributed by atoms with van der Waals surface area (Å²) in [5.41, 5.74) is 5.02. The van der Waals surface area contributed by atoms with Crippen molar-refractivity contribution in [1.29, 1.82) is 0 Å². The van der Waals surface area contributed by atoms with Gasteiger partial charge < -0.3 is 20.5 Å². The second kappa shape index (κ2) is 6.74. The van der Waals surface area contributed by atoms with E-state index < -0.39 is 11.5 Å². The number of nitrogen functional groups attached to an aromatic ring is 1. The van der Waals surface area contributed by atoms with Crippen LogP contribution in [0.25, 0.3) is 0 Å². The molecule has 22 heavy (non-hydrogen) atoms. The minimum absolute atomic E-state index is 0.00747. The summed E-state index contributed by atoms with van der Waals surface area (Å²) in [6.45, 7) is 2.69. The van der Waals surface area contributed by atoms with Crippen molar-refractivity contribution in [3.8, 4) is 0 Å². The molecule has 1 atom stereocenters. The average molecular weight is 307 g/mol. The standard InChI is InChI=1S/C15H21N3O4/c1-2-3-5-18(15(14(20)21)4-6-22-10-15)13(19)11-7-12(16)9-17-8-11/h7-9H,2-6,10,16H2,1H3,(H,20,21)/t15-/m0/s1. The van der Waals surface area contributed by atoms with Crippen LogP contribution in [0.15, 0.2) is 18.5 Å². The van der Waals surface area contributed by atoms with Crippen molar-refractivity contribution < 1.29 is 19.4 Å². The number of aromatic nitrogens is 1. The Labute approximate surface area is 129 Å². The lowest BCUT2D eigenvalue weighted by atomic mass is 9.94. The molecule has 3 N–H and O–H groups in total. The van der Waals surface area contributed by atoms with Gasteiger partial charge in [-0.1, -0.05) is 13.3 Å². The first-order chi connectivity index (χ1) is 10.5. The number of unbranched alkanes of at least 4 members (excludes halogenated alkanes) is 1. The van der Waals surface area contributed by atoms with E-state index in [4.69, 9.17) is 10.5 Å². The predicted molar refractivity (Wildman–Crippen MR) is 80.4 cm³/mol. The molecule has 2 heterocycles. The molecule has 1 saturated heterocycles. The zero-order chi connectivity index (χ0) is 16.2. The highest BCUT2D eigenvalue weighted by atomic mass is 16.5. The van der Waals surface area contributed by atoms with Crippen LogP contribution in [0.2, 0.25) is 0 Å². The molecule has 0 radical (unpaired) electrons. The number of rotatable bonds is 6. The number of hydrogen-bond donors (Lipinski definition) is 2. The molecule has 120 valence electrons. The second-order valence-corrected chi connectivity index (χ2v) is 5.46. The number of carbonyl (C=O) groups is 2. The Balaban J connectivity index is 2.36. The molecule has 1 amide bonds. The van der Waals surface area contributed by atoms with E-state index >= 15 is 0 Å². The van der Waals surface area contributed by atoms with Crippen LogP contribution in [0.3, 0.4) is 0 Å². The number of ether oxygens (including phenoxy) is 1. The summed E-state index contributed by atoms with van der Waals surface area (Å²) in [7, 11) is 0. The van der Waals surface area contributed by atoms with Crippen LogP contribution in [0, 0.1) is 0 Å². The normalized spacial score (nSPS) is 20.8. The number of amides is 1. The van der Waals surface area contributed by atoms with E-state index in [1.807, 2.05) is 6.92 Å². The molecule has 1 aliphatic rings. The van der Waals surface area contributed by atoms with Gasteiger partial charge in [0.25, 0.3) is 5.91 Å². The Morgan fingerprint density at radius 1 is 1.50 bits per heavy atom. The largest absolute Gasteiger partial charge is 0.479 e. The summed E-state index contributed by atoms with van der Waals surface area (Å²) in [4.78, 5) is 29.9. The van der Waals surface area contributed by atoms with Crippen LogP contribution in [-0.4, -0.2) is 52.2 Å². The lowest BCUT2D eigenvalue weighted by molar-refractivity contribution is -0.150. The number of pyridine rings is 1. The molecule has 1 aliphatic heterocycles. The Morgan fingerprint density at radius 2 is 2.27 bits per heavy atom. The van der Waals surface area contributed by atoms with Crippen molar-refractivity contribution in [3.63, 3.8) is 0 Å². The second-order valence-electron chi connectivity index (χ2n) is 5.46. The number of carboxylic acids is 1. The average Bonchev–Trinajstić information content (AvgIpc) is 2.98. The third-order valence-corrected chi connectivity index (χ3v) is 3.90. The molecule has 0 spiro atoms. The van der Waals surface area contributed by atoms with Crippen LogP contribution in [0.5, 0.6) is 0 Å². The van der Waals surface area contributed by atoms with E-state index in [1.165, 1.54) is 23.4 Å². The third-order valence-electron chi connectivity index (χ3n) is 3.90. The fourth-order valence-electron chi connectivity index (χ4n) is 2.61. The summed E-state index contributed by atoms with van der Waals surface area (Å²) in [5, 5.41) is 9.67. The van der Waals surface area contributed by atoms with Crippen molar-refractivity contribution in [2.24, 2.45) is 0 Å². The van der Waals surface area contributed by atoms with E-state index in [1.54, 1.807) is 0 Å². The topological polar surface area (TPSA) is 106 Å². The van der Waals surface area contributed by atoms with Gasteiger partial charge in [0.2, 0.25) is 0 Å². The van der Waals surface area contributed by atoms with Crippen molar-refractivity contribution >= 4 is 17.6 Å². The number of carboxylic acid groups (broad SMARTS) is 1. The molecule has 0 bridgehead atoms. The molecule has 0 unspecified atom stereocenters. The highest BCUT2D eigenvalue weighted by Gasteiger charge is 2.49. The van der Waals surface area contributed by atoms with E-state index in [9.17, 15) is 14.7 Å². The molecule has 1 fully saturated rings. The van der Waals surface area contributed by atoms with Crippen LogP contribution in [0.1, 0.15) is 36.5 Å². The van der Waals surface area contributed by atoms with Gasteiger partial charge in [-0.2, -0.15) is 0 Å². The monoisotopic (exact) mass is 307 g/mol. The summed E-state index contributed by atoms with van der Waals surface area (Å²) < 4.78 is 5.28. The van der Waals surface area contributed by atoms with Gasteiger partial charge in [0, 0.05) is 32.0 Å². The smallest absolute Gasteiger partial charge is 0.332 e. The van der Waals surface area contributed by atoms with Gasteiger partial charge in [-0.15, -0.1) is 0 Å². The molecule has 0 saturated carbocycles. The molecule has 7 heteroatoms.